The molecule has 5 rings (SSSR count). The fourth-order valence-electron chi connectivity index (χ4n) is 4.88. The number of ether oxygens (including phenoxy) is 2. The number of hydrogen-bond acceptors (Lipinski definition) is 7. The molecule has 2 heterocycles. The molecule has 1 unspecified atom stereocenters. The van der Waals surface area contributed by atoms with E-state index >= 15 is 0 Å². The molecular formula is C29H31FN6O4. The predicted molar refractivity (Wildman–Crippen MR) is 153 cm³/mol. The number of piperazine rings is 1. The second-order valence-corrected chi connectivity index (χ2v) is 9.33. The van der Waals surface area contributed by atoms with Gasteiger partial charge in [-0.25, -0.2) is 18.8 Å². The van der Waals surface area contributed by atoms with E-state index in [-0.39, 0.29) is 11.2 Å². The predicted octanol–water partition coefficient (Wildman–Crippen LogP) is 3.89. The molecule has 11 heteroatoms. The molecule has 0 radical (unpaired) electrons. The van der Waals surface area contributed by atoms with Crippen LogP contribution in [0.2, 0.25) is 0 Å². The van der Waals surface area contributed by atoms with Gasteiger partial charge in [-0.1, -0.05) is 18.2 Å². The first-order valence-electron chi connectivity index (χ1n) is 13.0. The number of para-hydroxylation sites is 1. The van der Waals surface area contributed by atoms with E-state index in [0.29, 0.717) is 60.1 Å². The van der Waals surface area contributed by atoms with Crippen molar-refractivity contribution in [2.24, 2.45) is 0 Å². The zero-order valence-corrected chi connectivity index (χ0v) is 22.6. The van der Waals surface area contributed by atoms with Gasteiger partial charge in [-0.15, -0.1) is 0 Å². The Bertz CT molecular complexity index is 1590. The molecule has 3 aromatic carbocycles. The van der Waals surface area contributed by atoms with Crippen molar-refractivity contribution in [2.45, 2.75) is 13.0 Å². The highest BCUT2D eigenvalue weighted by atomic mass is 19.1. The Morgan fingerprint density at radius 2 is 1.82 bits per heavy atom. The zero-order chi connectivity index (χ0) is 28.2. The van der Waals surface area contributed by atoms with Crippen molar-refractivity contribution in [2.75, 3.05) is 55.6 Å². The fourth-order valence-corrected chi connectivity index (χ4v) is 4.88. The SMILES string of the molecule is COc1ccc(N(C(=O)Nc2cccc(F)c2)C(C)c2nc3ccccc3c(=O)n2N2CCNCC2)c(OC)c1. The molecular weight excluding hydrogens is 515 g/mol. The molecule has 2 N–H and O–H groups in total. The largest absolute Gasteiger partial charge is 0.497 e. The van der Waals surface area contributed by atoms with E-state index in [0.717, 1.165) is 0 Å². The number of benzene rings is 3. The molecule has 1 aliphatic rings. The Labute approximate surface area is 230 Å². The van der Waals surface area contributed by atoms with E-state index in [1.54, 1.807) is 54.1 Å². The maximum atomic E-state index is 14.0. The Morgan fingerprint density at radius 3 is 2.55 bits per heavy atom. The molecule has 4 aromatic rings. The summed E-state index contributed by atoms with van der Waals surface area (Å²) in [6, 6.07) is 16.6. The minimum absolute atomic E-state index is 0.221. The fraction of sp³-hybridized carbons (Fsp3) is 0.276. The molecule has 0 aliphatic carbocycles. The topological polar surface area (TPSA) is 101 Å². The lowest BCUT2D eigenvalue weighted by molar-refractivity contribution is 0.254. The highest BCUT2D eigenvalue weighted by molar-refractivity contribution is 6.03. The standard InChI is InChI=1S/C29H31FN6O4/c1-19(27-33-24-10-5-4-9-23(24)28(37)36(27)34-15-13-31-14-16-34)35(25-12-11-22(39-2)18-26(25)40-3)29(38)32-21-8-6-7-20(30)17-21/h4-12,17-19,31H,13-16H2,1-3H3,(H,32,38). The monoisotopic (exact) mass is 546 g/mol. The summed E-state index contributed by atoms with van der Waals surface area (Å²) in [4.78, 5) is 34.2. The minimum atomic E-state index is -0.761. The second kappa shape index (κ2) is 11.6. The molecule has 208 valence electrons. The van der Waals surface area contributed by atoms with Crippen molar-refractivity contribution in [3.8, 4) is 11.5 Å². The van der Waals surface area contributed by atoms with Gasteiger partial charge in [0.1, 0.15) is 17.3 Å². The van der Waals surface area contributed by atoms with Gasteiger partial charge < -0.3 is 25.1 Å². The number of urea groups is 1. The Balaban J connectivity index is 1.68. The van der Waals surface area contributed by atoms with Crippen LogP contribution in [0.15, 0.2) is 71.5 Å². The number of nitrogens with zero attached hydrogens (tertiary/aromatic N) is 4. The van der Waals surface area contributed by atoms with Crippen molar-refractivity contribution >= 4 is 28.3 Å². The normalized spacial score (nSPS) is 14.1. The average Bonchev–Trinajstić information content (AvgIpc) is 2.97. The second-order valence-electron chi connectivity index (χ2n) is 9.33. The van der Waals surface area contributed by atoms with Gasteiger partial charge >= 0.3 is 6.03 Å². The van der Waals surface area contributed by atoms with Crippen LogP contribution in [0, 0.1) is 5.82 Å². The molecule has 1 saturated heterocycles. The van der Waals surface area contributed by atoms with Crippen molar-refractivity contribution in [1.82, 2.24) is 15.0 Å². The van der Waals surface area contributed by atoms with Crippen molar-refractivity contribution in [1.29, 1.82) is 0 Å². The maximum Gasteiger partial charge on any atom is 0.327 e. The first-order chi connectivity index (χ1) is 19.4. The van der Waals surface area contributed by atoms with Gasteiger partial charge in [-0.05, 0) is 49.4 Å². The molecule has 1 aliphatic heterocycles. The van der Waals surface area contributed by atoms with Crippen LogP contribution in [-0.4, -0.2) is 56.1 Å². The molecule has 1 aromatic heterocycles. The number of fused-ring (bicyclic) bond motifs is 1. The van der Waals surface area contributed by atoms with Crippen LogP contribution >= 0.6 is 0 Å². The van der Waals surface area contributed by atoms with E-state index < -0.39 is 17.9 Å². The Hall–Kier alpha value is -4.64. The van der Waals surface area contributed by atoms with Crippen molar-refractivity contribution < 1.29 is 18.7 Å². The highest BCUT2D eigenvalue weighted by Gasteiger charge is 2.32. The van der Waals surface area contributed by atoms with Gasteiger partial charge in [0.2, 0.25) is 0 Å². The minimum Gasteiger partial charge on any atom is -0.497 e. The summed E-state index contributed by atoms with van der Waals surface area (Å²) < 4.78 is 26.5. The van der Waals surface area contributed by atoms with Crippen molar-refractivity contribution in [3.05, 3.63) is 88.7 Å². The van der Waals surface area contributed by atoms with Gasteiger partial charge in [0, 0.05) is 37.9 Å². The third-order valence-corrected chi connectivity index (χ3v) is 6.86. The number of amides is 2. The lowest BCUT2D eigenvalue weighted by Crippen LogP contribution is -2.55. The first kappa shape index (κ1) is 26.9. The molecule has 0 bridgehead atoms. The van der Waals surface area contributed by atoms with E-state index in [1.807, 2.05) is 11.1 Å². The number of halogens is 1. The van der Waals surface area contributed by atoms with Crippen LogP contribution in [0.1, 0.15) is 18.8 Å². The number of hydrogen-bond donors (Lipinski definition) is 2. The van der Waals surface area contributed by atoms with E-state index in [9.17, 15) is 14.0 Å². The highest BCUT2D eigenvalue weighted by Crippen LogP contribution is 2.37. The molecule has 0 saturated carbocycles. The van der Waals surface area contributed by atoms with Gasteiger partial charge in [0.25, 0.3) is 5.56 Å². The summed E-state index contributed by atoms with van der Waals surface area (Å²) in [6.45, 7) is 4.36. The van der Waals surface area contributed by atoms with Crippen LogP contribution in [0.4, 0.5) is 20.6 Å². The quantitative estimate of drug-likeness (QED) is 0.363. The summed E-state index contributed by atoms with van der Waals surface area (Å²) in [6.07, 6.45) is 0. The van der Waals surface area contributed by atoms with Crippen molar-refractivity contribution in [3.63, 3.8) is 0 Å². The maximum absolute atomic E-state index is 14.0. The molecule has 10 nitrogen and oxygen atoms in total. The average molecular weight is 547 g/mol. The summed E-state index contributed by atoms with van der Waals surface area (Å²) in [7, 11) is 3.03. The van der Waals surface area contributed by atoms with E-state index in [2.05, 4.69) is 10.6 Å². The Kier molecular flexibility index (Phi) is 7.83. The lowest BCUT2D eigenvalue weighted by atomic mass is 10.1. The molecule has 0 spiro atoms. The summed E-state index contributed by atoms with van der Waals surface area (Å²) in [5.74, 6) is 0.804. The summed E-state index contributed by atoms with van der Waals surface area (Å²) >= 11 is 0. The van der Waals surface area contributed by atoms with Crippen LogP contribution in [0.3, 0.4) is 0 Å². The van der Waals surface area contributed by atoms with Crippen LogP contribution < -0.4 is 35.6 Å². The third kappa shape index (κ3) is 5.28. The van der Waals surface area contributed by atoms with E-state index in [4.69, 9.17) is 14.5 Å². The lowest BCUT2D eigenvalue weighted by Gasteiger charge is -2.36. The Morgan fingerprint density at radius 1 is 1.05 bits per heavy atom. The molecule has 1 atom stereocenters. The van der Waals surface area contributed by atoms with Crippen LogP contribution in [0.25, 0.3) is 10.9 Å². The number of anilines is 2. The van der Waals surface area contributed by atoms with Gasteiger partial charge in [0.15, 0.2) is 5.82 Å². The zero-order valence-electron chi connectivity index (χ0n) is 22.6. The number of methoxy groups -OCH3 is 2. The number of aromatic nitrogens is 2. The third-order valence-electron chi connectivity index (χ3n) is 6.86. The number of carbonyl (C=O) groups is 1. The van der Waals surface area contributed by atoms with Gasteiger partial charge in [-0.3, -0.25) is 9.69 Å². The van der Waals surface area contributed by atoms with E-state index in [1.165, 1.54) is 37.3 Å². The van der Waals surface area contributed by atoms with Crippen LogP contribution in [0.5, 0.6) is 11.5 Å². The smallest absolute Gasteiger partial charge is 0.327 e. The number of nitrogens with one attached hydrogen (secondary N) is 2. The number of rotatable bonds is 7. The van der Waals surface area contributed by atoms with Crippen LogP contribution in [-0.2, 0) is 0 Å². The number of carbonyl (C=O) groups excluding carboxylic acids is 1. The molecule has 2 amide bonds. The molecule has 1 fully saturated rings. The first-order valence-corrected chi connectivity index (χ1v) is 13.0. The van der Waals surface area contributed by atoms with Gasteiger partial charge in [-0.2, -0.15) is 0 Å². The summed E-state index contributed by atoms with van der Waals surface area (Å²) in [5.41, 5.74) is 0.995. The van der Waals surface area contributed by atoms with Gasteiger partial charge in [0.05, 0.1) is 36.9 Å². The summed E-state index contributed by atoms with van der Waals surface area (Å²) in [5, 5.41) is 8.51. The molecule has 40 heavy (non-hydrogen) atoms.